The minimum Gasteiger partial charge on any atom is -0.374 e. The molecule has 0 saturated carbocycles. The van der Waals surface area contributed by atoms with Gasteiger partial charge in [0.05, 0.1) is 5.60 Å². The van der Waals surface area contributed by atoms with Crippen molar-refractivity contribution in [1.82, 2.24) is 5.32 Å². The minimum atomic E-state index is -0.119. The van der Waals surface area contributed by atoms with Gasteiger partial charge in [0.25, 0.3) is 0 Å². The third-order valence-electron chi connectivity index (χ3n) is 2.76. The molecular weight excluding hydrogens is 162 g/mol. The SMILES string of the molecule is CNCCC1C=CC=CC1(C)OC. The molecule has 13 heavy (non-hydrogen) atoms. The number of hydrogen-bond acceptors (Lipinski definition) is 2. The van der Waals surface area contributed by atoms with Crippen LogP contribution in [0.1, 0.15) is 13.3 Å². The van der Waals surface area contributed by atoms with E-state index in [1.165, 1.54) is 0 Å². The predicted molar refractivity (Wildman–Crippen MR) is 55.7 cm³/mol. The second-order valence-corrected chi connectivity index (χ2v) is 3.63. The third kappa shape index (κ3) is 2.42. The lowest BCUT2D eigenvalue weighted by atomic mass is 9.83. The molecule has 0 aromatic carbocycles. The zero-order valence-electron chi connectivity index (χ0n) is 8.71. The van der Waals surface area contributed by atoms with E-state index >= 15 is 0 Å². The molecule has 2 heteroatoms. The molecule has 1 aliphatic rings. The van der Waals surface area contributed by atoms with Crippen molar-refractivity contribution in [1.29, 1.82) is 0 Å². The molecule has 0 fully saturated rings. The van der Waals surface area contributed by atoms with Crippen LogP contribution in [-0.4, -0.2) is 26.3 Å². The van der Waals surface area contributed by atoms with Gasteiger partial charge in [-0.3, -0.25) is 0 Å². The van der Waals surface area contributed by atoms with Crippen molar-refractivity contribution in [3.8, 4) is 0 Å². The highest BCUT2D eigenvalue weighted by Gasteiger charge is 2.30. The topological polar surface area (TPSA) is 21.3 Å². The zero-order valence-corrected chi connectivity index (χ0v) is 8.71. The molecule has 2 unspecified atom stereocenters. The molecule has 0 bridgehead atoms. The van der Waals surface area contributed by atoms with Crippen LogP contribution in [0.5, 0.6) is 0 Å². The van der Waals surface area contributed by atoms with Gasteiger partial charge >= 0.3 is 0 Å². The van der Waals surface area contributed by atoms with E-state index in [9.17, 15) is 0 Å². The summed E-state index contributed by atoms with van der Waals surface area (Å²) in [5, 5.41) is 3.16. The maximum Gasteiger partial charge on any atom is 0.0896 e. The third-order valence-corrected chi connectivity index (χ3v) is 2.76. The molecule has 0 aromatic heterocycles. The molecule has 1 N–H and O–H groups in total. The highest BCUT2D eigenvalue weighted by Crippen LogP contribution is 2.29. The lowest BCUT2D eigenvalue weighted by molar-refractivity contribution is 0.0101. The van der Waals surface area contributed by atoms with Crippen LogP contribution in [0, 0.1) is 5.92 Å². The van der Waals surface area contributed by atoms with E-state index in [1.54, 1.807) is 7.11 Å². The standard InChI is InChI=1S/C11H19NO/c1-11(13-3)8-5-4-6-10(11)7-9-12-2/h4-6,8,10,12H,7,9H2,1-3H3. The minimum absolute atomic E-state index is 0.119. The molecule has 2 atom stereocenters. The summed E-state index contributed by atoms with van der Waals surface area (Å²) in [6.07, 6.45) is 9.62. The number of rotatable bonds is 4. The Morgan fingerprint density at radius 2 is 2.23 bits per heavy atom. The van der Waals surface area contributed by atoms with Crippen molar-refractivity contribution < 1.29 is 4.74 Å². The molecule has 0 radical (unpaired) electrons. The number of methoxy groups -OCH3 is 1. The fourth-order valence-corrected chi connectivity index (χ4v) is 1.66. The normalized spacial score (nSPS) is 32.4. The van der Waals surface area contributed by atoms with Crippen molar-refractivity contribution in [3.05, 3.63) is 24.3 Å². The summed E-state index contributed by atoms with van der Waals surface area (Å²) in [5.41, 5.74) is -0.119. The van der Waals surface area contributed by atoms with Gasteiger partial charge in [0, 0.05) is 13.0 Å². The first-order chi connectivity index (χ1) is 6.23. The maximum absolute atomic E-state index is 5.52. The highest BCUT2D eigenvalue weighted by molar-refractivity contribution is 5.20. The van der Waals surface area contributed by atoms with Gasteiger partial charge in [-0.2, -0.15) is 0 Å². The Labute approximate surface area is 80.7 Å². The lowest BCUT2D eigenvalue weighted by Crippen LogP contribution is -2.36. The number of hydrogen-bond donors (Lipinski definition) is 1. The second kappa shape index (κ2) is 4.58. The van der Waals surface area contributed by atoms with E-state index < -0.39 is 0 Å². The smallest absolute Gasteiger partial charge is 0.0896 e. The molecule has 0 spiro atoms. The molecule has 2 nitrogen and oxygen atoms in total. The van der Waals surface area contributed by atoms with Crippen LogP contribution in [0.15, 0.2) is 24.3 Å². The Kier molecular flexibility index (Phi) is 3.70. The Morgan fingerprint density at radius 3 is 2.85 bits per heavy atom. The molecule has 0 heterocycles. The summed E-state index contributed by atoms with van der Waals surface area (Å²) in [7, 11) is 3.75. The van der Waals surface area contributed by atoms with Crippen LogP contribution in [-0.2, 0) is 4.74 Å². The van der Waals surface area contributed by atoms with Crippen LogP contribution in [0.4, 0.5) is 0 Å². The van der Waals surface area contributed by atoms with Crippen molar-refractivity contribution in [2.45, 2.75) is 18.9 Å². The average molecular weight is 181 g/mol. The Hall–Kier alpha value is -0.600. The van der Waals surface area contributed by atoms with Crippen LogP contribution < -0.4 is 5.32 Å². The summed E-state index contributed by atoms with van der Waals surface area (Å²) < 4.78 is 5.52. The summed E-state index contributed by atoms with van der Waals surface area (Å²) in [6.45, 7) is 3.16. The van der Waals surface area contributed by atoms with Crippen molar-refractivity contribution in [2.75, 3.05) is 20.7 Å². The van der Waals surface area contributed by atoms with Crippen molar-refractivity contribution in [3.63, 3.8) is 0 Å². The van der Waals surface area contributed by atoms with E-state index in [4.69, 9.17) is 4.74 Å². The van der Waals surface area contributed by atoms with Gasteiger partial charge in [-0.15, -0.1) is 0 Å². The van der Waals surface area contributed by atoms with Gasteiger partial charge in [-0.1, -0.05) is 24.3 Å². The van der Waals surface area contributed by atoms with Gasteiger partial charge in [0.1, 0.15) is 0 Å². The predicted octanol–water partition coefficient (Wildman–Crippen LogP) is 1.74. The van der Waals surface area contributed by atoms with Gasteiger partial charge in [-0.05, 0) is 26.9 Å². The van der Waals surface area contributed by atoms with Crippen LogP contribution in [0.2, 0.25) is 0 Å². The quantitative estimate of drug-likeness (QED) is 0.713. The van der Waals surface area contributed by atoms with E-state index in [2.05, 4.69) is 36.5 Å². The first-order valence-corrected chi connectivity index (χ1v) is 4.78. The molecular formula is C11H19NO. The summed E-state index contributed by atoms with van der Waals surface area (Å²) in [5.74, 6) is 0.481. The Morgan fingerprint density at radius 1 is 1.46 bits per heavy atom. The molecule has 0 amide bonds. The largest absolute Gasteiger partial charge is 0.374 e. The molecule has 1 aliphatic carbocycles. The highest BCUT2D eigenvalue weighted by atomic mass is 16.5. The summed E-state index contributed by atoms with van der Waals surface area (Å²) >= 11 is 0. The molecule has 74 valence electrons. The van der Waals surface area contributed by atoms with Crippen molar-refractivity contribution in [2.24, 2.45) is 5.92 Å². The van der Waals surface area contributed by atoms with E-state index in [0.717, 1.165) is 13.0 Å². The van der Waals surface area contributed by atoms with Gasteiger partial charge in [0.15, 0.2) is 0 Å². The zero-order chi connectivity index (χ0) is 9.73. The molecule has 1 rings (SSSR count). The van der Waals surface area contributed by atoms with Crippen LogP contribution in [0.3, 0.4) is 0 Å². The van der Waals surface area contributed by atoms with Gasteiger partial charge in [-0.25, -0.2) is 0 Å². The fourth-order valence-electron chi connectivity index (χ4n) is 1.66. The van der Waals surface area contributed by atoms with Crippen LogP contribution in [0.25, 0.3) is 0 Å². The van der Waals surface area contributed by atoms with E-state index in [1.807, 2.05) is 7.05 Å². The monoisotopic (exact) mass is 181 g/mol. The van der Waals surface area contributed by atoms with E-state index in [0.29, 0.717) is 5.92 Å². The number of nitrogens with one attached hydrogen (secondary N) is 1. The first-order valence-electron chi connectivity index (χ1n) is 4.78. The Balaban J connectivity index is 2.60. The van der Waals surface area contributed by atoms with E-state index in [-0.39, 0.29) is 5.60 Å². The lowest BCUT2D eigenvalue weighted by Gasteiger charge is -2.33. The molecule has 0 aromatic rings. The maximum atomic E-state index is 5.52. The fraction of sp³-hybridized carbons (Fsp3) is 0.636. The number of allylic oxidation sites excluding steroid dienone is 2. The summed E-state index contributed by atoms with van der Waals surface area (Å²) in [6, 6.07) is 0. The van der Waals surface area contributed by atoms with Gasteiger partial charge in [0.2, 0.25) is 0 Å². The van der Waals surface area contributed by atoms with Crippen molar-refractivity contribution >= 4 is 0 Å². The summed E-state index contributed by atoms with van der Waals surface area (Å²) in [4.78, 5) is 0. The Bertz CT molecular complexity index is 210. The number of ether oxygens (including phenoxy) is 1. The first kappa shape index (κ1) is 10.5. The second-order valence-electron chi connectivity index (χ2n) is 3.63. The van der Waals surface area contributed by atoms with Crippen LogP contribution >= 0.6 is 0 Å². The van der Waals surface area contributed by atoms with Gasteiger partial charge < -0.3 is 10.1 Å². The molecule has 0 aliphatic heterocycles. The average Bonchev–Trinajstić information content (AvgIpc) is 2.17. The molecule has 0 saturated heterocycles.